The molecule has 0 fully saturated rings. The van der Waals surface area contributed by atoms with Crippen molar-refractivity contribution in [2.45, 2.75) is 20.4 Å². The predicted octanol–water partition coefficient (Wildman–Crippen LogP) is 4.36. The van der Waals surface area contributed by atoms with Crippen molar-refractivity contribution in [2.75, 3.05) is 0 Å². The Kier molecular flexibility index (Phi) is 5.49. The number of halogens is 1. The summed E-state index contributed by atoms with van der Waals surface area (Å²) < 4.78 is 2.10. The minimum Gasteiger partial charge on any atom is -0.329 e. The molecule has 0 aliphatic heterocycles. The Morgan fingerprint density at radius 1 is 1.27 bits per heavy atom. The second-order valence-electron chi connectivity index (χ2n) is 5.75. The lowest BCUT2D eigenvalue weighted by Gasteiger charge is -2.03. The number of aryl methyl sites for hydroxylation is 2. The number of hydrogen-bond donors (Lipinski definition) is 1. The molecule has 1 N–H and O–H groups in total. The van der Waals surface area contributed by atoms with E-state index < -0.39 is 0 Å². The number of carbonyl (C=O) groups excluding carboxylic acids is 1. The van der Waals surface area contributed by atoms with Crippen molar-refractivity contribution in [3.05, 3.63) is 70.5 Å². The summed E-state index contributed by atoms with van der Waals surface area (Å²) >= 11 is 6.11. The zero-order chi connectivity index (χ0) is 18.5. The molecule has 3 aromatic rings. The van der Waals surface area contributed by atoms with Gasteiger partial charge in [0.1, 0.15) is 5.82 Å². The Balaban J connectivity index is 1.70. The lowest BCUT2D eigenvalue weighted by Crippen LogP contribution is -2.17. The number of carbonyl (C=O) groups is 1. The van der Waals surface area contributed by atoms with Gasteiger partial charge in [-0.2, -0.15) is 5.10 Å². The lowest BCUT2D eigenvalue weighted by molar-refractivity contribution is 0.0955. The molecule has 6 heteroatoms. The Hall–Kier alpha value is -2.92. The maximum Gasteiger partial charge on any atom is 0.271 e. The van der Waals surface area contributed by atoms with Gasteiger partial charge in [0.15, 0.2) is 0 Å². The van der Waals surface area contributed by atoms with Crippen LogP contribution in [0.4, 0.5) is 0 Å². The van der Waals surface area contributed by atoms with Gasteiger partial charge in [-0.3, -0.25) is 4.79 Å². The fourth-order valence-electron chi connectivity index (χ4n) is 2.75. The van der Waals surface area contributed by atoms with Gasteiger partial charge >= 0.3 is 0 Å². The zero-order valence-electron chi connectivity index (χ0n) is 14.6. The molecule has 0 spiro atoms. The summed E-state index contributed by atoms with van der Waals surface area (Å²) in [5.74, 6) is 0.618. The molecule has 0 radical (unpaired) electrons. The van der Waals surface area contributed by atoms with Gasteiger partial charge in [-0.25, -0.2) is 10.4 Å². The third-order valence-electron chi connectivity index (χ3n) is 3.98. The van der Waals surface area contributed by atoms with Crippen LogP contribution in [0.2, 0.25) is 0 Å². The first kappa shape index (κ1) is 17.9. The summed E-state index contributed by atoms with van der Waals surface area (Å²) in [4.78, 5) is 16.8. The molecule has 0 aliphatic rings. The number of allylic oxidation sites excluding steroid dienone is 1. The van der Waals surface area contributed by atoms with Gasteiger partial charge in [0, 0.05) is 12.1 Å². The highest BCUT2D eigenvalue weighted by Gasteiger charge is 2.10. The molecular formula is C20H19ClN4O. The molecule has 3 rings (SSSR count). The van der Waals surface area contributed by atoms with E-state index in [1.807, 2.05) is 43.3 Å². The largest absolute Gasteiger partial charge is 0.329 e. The van der Waals surface area contributed by atoms with Crippen molar-refractivity contribution in [3.63, 3.8) is 0 Å². The van der Waals surface area contributed by atoms with Crippen LogP contribution < -0.4 is 5.43 Å². The minimum atomic E-state index is -0.309. The number of hydrazone groups is 1. The van der Waals surface area contributed by atoms with Gasteiger partial charge in [-0.05, 0) is 43.7 Å². The molecule has 0 saturated carbocycles. The number of benzene rings is 2. The van der Waals surface area contributed by atoms with Gasteiger partial charge in [-0.15, -0.1) is 0 Å². The van der Waals surface area contributed by atoms with Crippen LogP contribution in [0.3, 0.4) is 0 Å². The summed E-state index contributed by atoms with van der Waals surface area (Å²) in [6, 6.07) is 15.1. The van der Waals surface area contributed by atoms with Crippen LogP contribution in [0.5, 0.6) is 0 Å². The average Bonchev–Trinajstić information content (AvgIpc) is 2.96. The Morgan fingerprint density at radius 3 is 2.77 bits per heavy atom. The number of aromatic nitrogens is 2. The first-order chi connectivity index (χ1) is 12.6. The molecule has 0 unspecified atom stereocenters. The van der Waals surface area contributed by atoms with Crippen molar-refractivity contribution in [1.82, 2.24) is 15.0 Å². The second-order valence-corrected chi connectivity index (χ2v) is 6.18. The molecule has 1 heterocycles. The first-order valence-electron chi connectivity index (χ1n) is 8.31. The van der Waals surface area contributed by atoms with Crippen LogP contribution >= 0.6 is 11.6 Å². The molecule has 1 aromatic heterocycles. The van der Waals surface area contributed by atoms with Gasteiger partial charge in [0.05, 0.1) is 22.3 Å². The summed E-state index contributed by atoms with van der Waals surface area (Å²) in [7, 11) is 0. The van der Waals surface area contributed by atoms with Crippen LogP contribution in [-0.2, 0) is 6.54 Å². The van der Waals surface area contributed by atoms with Crippen molar-refractivity contribution < 1.29 is 4.79 Å². The highest BCUT2D eigenvalue weighted by molar-refractivity contribution is 6.41. The van der Waals surface area contributed by atoms with Crippen molar-refractivity contribution >= 4 is 40.8 Å². The number of hydrogen-bond acceptors (Lipinski definition) is 3. The standard InChI is InChI=1S/C20H19ClN4O/c1-3-25-14(2)23-18-12-16(9-10-19(18)25)20(26)24-22-13-17(21)11-15-7-5-4-6-8-15/h4-13H,3H2,1-2H3,(H,24,26). The third-order valence-corrected chi connectivity index (χ3v) is 4.18. The molecule has 2 aromatic carbocycles. The van der Waals surface area contributed by atoms with Crippen LogP contribution in [-0.4, -0.2) is 21.7 Å². The highest BCUT2D eigenvalue weighted by Crippen LogP contribution is 2.17. The third kappa shape index (κ3) is 4.00. The van der Waals surface area contributed by atoms with E-state index in [1.165, 1.54) is 6.21 Å². The van der Waals surface area contributed by atoms with Crippen LogP contribution in [0.1, 0.15) is 28.7 Å². The predicted molar refractivity (Wildman–Crippen MR) is 106 cm³/mol. The Morgan fingerprint density at radius 2 is 2.04 bits per heavy atom. The molecule has 0 bridgehead atoms. The number of amides is 1. The van der Waals surface area contributed by atoms with E-state index in [2.05, 4.69) is 27.0 Å². The van der Waals surface area contributed by atoms with E-state index >= 15 is 0 Å². The molecule has 1 amide bonds. The summed E-state index contributed by atoms with van der Waals surface area (Å²) in [5.41, 5.74) is 5.75. The smallest absolute Gasteiger partial charge is 0.271 e. The Bertz CT molecular complexity index is 990. The fourth-order valence-corrected chi connectivity index (χ4v) is 2.93. The van der Waals surface area contributed by atoms with E-state index in [1.54, 1.807) is 18.2 Å². The van der Waals surface area contributed by atoms with Crippen LogP contribution in [0, 0.1) is 6.92 Å². The van der Waals surface area contributed by atoms with Crippen molar-refractivity contribution in [3.8, 4) is 0 Å². The number of imidazole rings is 1. The maximum atomic E-state index is 12.3. The average molecular weight is 367 g/mol. The van der Waals surface area contributed by atoms with Crippen molar-refractivity contribution in [1.29, 1.82) is 0 Å². The van der Waals surface area contributed by atoms with E-state index in [0.717, 1.165) is 29.0 Å². The van der Waals surface area contributed by atoms with E-state index in [4.69, 9.17) is 11.6 Å². The zero-order valence-corrected chi connectivity index (χ0v) is 15.4. The quantitative estimate of drug-likeness (QED) is 0.538. The molecule has 26 heavy (non-hydrogen) atoms. The topological polar surface area (TPSA) is 59.3 Å². The molecule has 132 valence electrons. The molecule has 5 nitrogen and oxygen atoms in total. The summed E-state index contributed by atoms with van der Waals surface area (Å²) in [6.45, 7) is 4.86. The van der Waals surface area contributed by atoms with Gasteiger partial charge in [0.25, 0.3) is 5.91 Å². The second kappa shape index (κ2) is 7.97. The molecular weight excluding hydrogens is 348 g/mol. The summed E-state index contributed by atoms with van der Waals surface area (Å²) in [5, 5.41) is 4.33. The minimum absolute atomic E-state index is 0.309. The number of fused-ring (bicyclic) bond motifs is 1. The van der Waals surface area contributed by atoms with E-state index in [9.17, 15) is 4.79 Å². The van der Waals surface area contributed by atoms with Crippen LogP contribution in [0.15, 0.2) is 58.7 Å². The maximum absolute atomic E-state index is 12.3. The van der Waals surface area contributed by atoms with E-state index in [-0.39, 0.29) is 5.91 Å². The molecule has 0 atom stereocenters. The van der Waals surface area contributed by atoms with Gasteiger partial charge < -0.3 is 4.57 Å². The normalized spacial score (nSPS) is 12.0. The lowest BCUT2D eigenvalue weighted by atomic mass is 10.2. The first-order valence-corrected chi connectivity index (χ1v) is 8.69. The van der Waals surface area contributed by atoms with Crippen LogP contribution in [0.25, 0.3) is 17.1 Å². The SMILES string of the molecule is CCn1c(C)nc2cc(C(=O)NN=CC(Cl)=Cc3ccccc3)ccc21. The number of nitrogens with zero attached hydrogens (tertiary/aromatic N) is 3. The Labute approximate surface area is 157 Å². The monoisotopic (exact) mass is 366 g/mol. The number of nitrogens with one attached hydrogen (secondary N) is 1. The number of rotatable bonds is 5. The highest BCUT2D eigenvalue weighted by atomic mass is 35.5. The van der Waals surface area contributed by atoms with Gasteiger partial charge in [0.2, 0.25) is 0 Å². The molecule has 0 saturated heterocycles. The van der Waals surface area contributed by atoms with Crippen molar-refractivity contribution in [2.24, 2.45) is 5.10 Å². The van der Waals surface area contributed by atoms with E-state index in [0.29, 0.717) is 10.6 Å². The fraction of sp³-hybridized carbons (Fsp3) is 0.150. The summed E-state index contributed by atoms with van der Waals surface area (Å²) in [6.07, 6.45) is 3.17. The van der Waals surface area contributed by atoms with Gasteiger partial charge in [-0.1, -0.05) is 41.9 Å². The molecule has 0 aliphatic carbocycles.